The van der Waals surface area contributed by atoms with Gasteiger partial charge in [0.25, 0.3) is 11.8 Å². The van der Waals surface area contributed by atoms with Gasteiger partial charge in [-0.05, 0) is 49.6 Å². The van der Waals surface area contributed by atoms with E-state index in [4.69, 9.17) is 4.42 Å². The molecular weight excluding hydrogens is 544 g/mol. The smallest absolute Gasteiger partial charge is 0.277 e. The van der Waals surface area contributed by atoms with E-state index in [2.05, 4.69) is 56.6 Å². The number of anilines is 3. The first kappa shape index (κ1) is 30.1. The van der Waals surface area contributed by atoms with Crippen LogP contribution in [0.25, 0.3) is 0 Å². The Balaban J connectivity index is 1.30. The van der Waals surface area contributed by atoms with Crippen LogP contribution in [0.1, 0.15) is 72.3 Å². The summed E-state index contributed by atoms with van der Waals surface area (Å²) in [5.41, 5.74) is 4.18. The maximum absolute atomic E-state index is 13.3. The minimum Gasteiger partial charge on any atom is -0.448 e. The van der Waals surface area contributed by atoms with Gasteiger partial charge in [-0.2, -0.15) is 0 Å². The molecule has 228 valence electrons. The minimum absolute atomic E-state index is 0.184. The maximum atomic E-state index is 13.3. The largest absolute Gasteiger partial charge is 0.448 e. The van der Waals surface area contributed by atoms with E-state index in [9.17, 15) is 14.4 Å². The molecule has 0 saturated carbocycles. The fourth-order valence-electron chi connectivity index (χ4n) is 5.58. The Kier molecular flexibility index (Phi) is 9.03. The van der Waals surface area contributed by atoms with Gasteiger partial charge in [0.1, 0.15) is 6.26 Å². The summed E-state index contributed by atoms with van der Waals surface area (Å²) in [6.07, 6.45) is 3.57. The van der Waals surface area contributed by atoms with Crippen LogP contribution < -0.4 is 20.4 Å². The number of amides is 3. The van der Waals surface area contributed by atoms with Crippen LogP contribution in [0.5, 0.6) is 0 Å². The van der Waals surface area contributed by atoms with Crippen molar-refractivity contribution in [2.75, 3.05) is 60.9 Å². The SMILES string of the molecule is Cc1ccccc1N1CCN(c2ccc(C(=O)NCCCN3CCCC3=O)cc2NC(=O)c2coc(C(C)(C)C)n2)CC1. The molecule has 10 nitrogen and oxygen atoms in total. The van der Waals surface area contributed by atoms with Gasteiger partial charge in [-0.25, -0.2) is 4.98 Å². The molecule has 3 aromatic rings. The van der Waals surface area contributed by atoms with E-state index in [1.807, 2.05) is 31.7 Å². The molecule has 0 atom stereocenters. The number of hydrogen-bond donors (Lipinski definition) is 2. The fraction of sp³-hybridized carbons (Fsp3) is 0.455. The average Bonchev–Trinajstić information content (AvgIpc) is 3.65. The summed E-state index contributed by atoms with van der Waals surface area (Å²) in [7, 11) is 0. The number of para-hydroxylation sites is 1. The third kappa shape index (κ3) is 7.18. The van der Waals surface area contributed by atoms with E-state index < -0.39 is 5.91 Å². The molecule has 0 aliphatic carbocycles. The Bertz CT molecular complexity index is 1470. The first-order valence-corrected chi connectivity index (χ1v) is 15.1. The van der Waals surface area contributed by atoms with Crippen LogP contribution in [0.15, 0.2) is 53.1 Å². The number of aromatic nitrogens is 1. The molecule has 2 saturated heterocycles. The van der Waals surface area contributed by atoms with Gasteiger partial charge in [-0.1, -0.05) is 39.0 Å². The number of hydrogen-bond acceptors (Lipinski definition) is 7. The molecule has 2 N–H and O–H groups in total. The fourth-order valence-corrected chi connectivity index (χ4v) is 5.58. The lowest BCUT2D eigenvalue weighted by molar-refractivity contribution is -0.127. The zero-order chi connectivity index (χ0) is 30.6. The second kappa shape index (κ2) is 12.9. The molecule has 0 unspecified atom stereocenters. The van der Waals surface area contributed by atoms with Crippen molar-refractivity contribution in [3.63, 3.8) is 0 Å². The number of likely N-dealkylation sites (tertiary alicyclic amines) is 1. The van der Waals surface area contributed by atoms with E-state index >= 15 is 0 Å². The normalized spacial score (nSPS) is 15.6. The van der Waals surface area contributed by atoms with Crippen molar-refractivity contribution in [1.82, 2.24) is 15.2 Å². The van der Waals surface area contributed by atoms with Gasteiger partial charge in [-0.15, -0.1) is 0 Å². The molecule has 2 aromatic carbocycles. The van der Waals surface area contributed by atoms with Crippen molar-refractivity contribution in [3.05, 3.63) is 71.4 Å². The highest BCUT2D eigenvalue weighted by Crippen LogP contribution is 2.31. The molecule has 10 heteroatoms. The third-order valence-electron chi connectivity index (χ3n) is 8.02. The van der Waals surface area contributed by atoms with Crippen molar-refractivity contribution < 1.29 is 18.8 Å². The number of carbonyl (C=O) groups is 3. The number of benzene rings is 2. The Morgan fingerprint density at radius 3 is 2.33 bits per heavy atom. The Morgan fingerprint density at radius 2 is 1.67 bits per heavy atom. The highest BCUT2D eigenvalue weighted by atomic mass is 16.3. The Hall–Kier alpha value is -4.34. The van der Waals surface area contributed by atoms with Crippen LogP contribution in [0, 0.1) is 6.92 Å². The van der Waals surface area contributed by atoms with E-state index in [-0.39, 0.29) is 22.9 Å². The summed E-state index contributed by atoms with van der Waals surface area (Å²) in [6, 6.07) is 13.8. The topological polar surface area (TPSA) is 111 Å². The lowest BCUT2D eigenvalue weighted by Crippen LogP contribution is -2.47. The lowest BCUT2D eigenvalue weighted by Gasteiger charge is -2.38. The predicted octanol–water partition coefficient (Wildman–Crippen LogP) is 4.60. The zero-order valence-electron chi connectivity index (χ0n) is 25.6. The van der Waals surface area contributed by atoms with Crippen molar-refractivity contribution in [2.24, 2.45) is 0 Å². The second-order valence-electron chi connectivity index (χ2n) is 12.3. The van der Waals surface area contributed by atoms with E-state index in [1.54, 1.807) is 12.1 Å². The summed E-state index contributed by atoms with van der Waals surface area (Å²) < 4.78 is 5.58. The molecule has 2 fully saturated rings. The van der Waals surface area contributed by atoms with Crippen LogP contribution in [0.2, 0.25) is 0 Å². The Morgan fingerprint density at radius 1 is 0.953 bits per heavy atom. The van der Waals surface area contributed by atoms with Crippen LogP contribution in [0.4, 0.5) is 17.1 Å². The average molecular weight is 587 g/mol. The van der Waals surface area contributed by atoms with E-state index in [0.717, 1.165) is 44.8 Å². The van der Waals surface area contributed by atoms with Crippen LogP contribution >= 0.6 is 0 Å². The standard InChI is InChI=1S/C33H42N6O4/c1-23-9-5-6-10-27(23)37-17-19-38(20-18-37)28-13-12-24(30(41)34-14-8-16-39-15-7-11-29(39)40)21-25(28)35-31(42)26-22-43-32(36-26)33(2,3)4/h5-6,9-10,12-13,21-22H,7-8,11,14-20H2,1-4H3,(H,34,41)(H,35,42). The van der Waals surface area contributed by atoms with Crippen LogP contribution in [0.3, 0.4) is 0 Å². The molecule has 2 aliphatic heterocycles. The highest BCUT2D eigenvalue weighted by molar-refractivity contribution is 6.06. The molecule has 1 aromatic heterocycles. The molecule has 0 radical (unpaired) electrons. The quantitative estimate of drug-likeness (QED) is 0.353. The van der Waals surface area contributed by atoms with Gasteiger partial charge < -0.3 is 29.8 Å². The molecule has 3 amide bonds. The molecule has 5 rings (SSSR count). The number of nitrogens with zero attached hydrogens (tertiary/aromatic N) is 4. The number of nitrogens with one attached hydrogen (secondary N) is 2. The lowest BCUT2D eigenvalue weighted by atomic mass is 9.97. The van der Waals surface area contributed by atoms with E-state index in [1.165, 1.54) is 17.5 Å². The van der Waals surface area contributed by atoms with Gasteiger partial charge in [0.2, 0.25) is 5.91 Å². The summed E-state index contributed by atoms with van der Waals surface area (Å²) in [5, 5.41) is 5.97. The summed E-state index contributed by atoms with van der Waals surface area (Å²) in [5.74, 6) is 0.0419. The maximum Gasteiger partial charge on any atom is 0.277 e. The van der Waals surface area contributed by atoms with Crippen LogP contribution in [-0.2, 0) is 10.2 Å². The van der Waals surface area contributed by atoms with Crippen LogP contribution in [-0.4, -0.2) is 73.4 Å². The number of carbonyl (C=O) groups excluding carboxylic acids is 3. The molecule has 3 heterocycles. The summed E-state index contributed by atoms with van der Waals surface area (Å²) in [4.78, 5) is 49.1. The summed E-state index contributed by atoms with van der Waals surface area (Å²) in [6.45, 7) is 13.1. The molecule has 0 spiro atoms. The van der Waals surface area contributed by atoms with Gasteiger partial charge in [0.15, 0.2) is 11.6 Å². The second-order valence-corrected chi connectivity index (χ2v) is 12.3. The van der Waals surface area contributed by atoms with Crippen molar-refractivity contribution in [2.45, 2.75) is 52.4 Å². The zero-order valence-corrected chi connectivity index (χ0v) is 25.6. The monoisotopic (exact) mass is 586 g/mol. The van der Waals surface area contributed by atoms with Gasteiger partial charge in [0, 0.05) is 68.9 Å². The predicted molar refractivity (Wildman–Crippen MR) is 168 cm³/mol. The molecule has 43 heavy (non-hydrogen) atoms. The van der Waals surface area contributed by atoms with Gasteiger partial charge in [-0.3, -0.25) is 14.4 Å². The highest BCUT2D eigenvalue weighted by Gasteiger charge is 2.25. The van der Waals surface area contributed by atoms with Crippen molar-refractivity contribution in [1.29, 1.82) is 0 Å². The first-order chi connectivity index (χ1) is 20.6. The van der Waals surface area contributed by atoms with Crippen molar-refractivity contribution in [3.8, 4) is 0 Å². The number of oxazole rings is 1. The molecule has 0 bridgehead atoms. The third-order valence-corrected chi connectivity index (χ3v) is 8.02. The van der Waals surface area contributed by atoms with E-state index in [0.29, 0.717) is 43.1 Å². The first-order valence-electron chi connectivity index (χ1n) is 15.1. The number of rotatable bonds is 9. The van der Waals surface area contributed by atoms with Crippen molar-refractivity contribution >= 4 is 34.8 Å². The Labute approximate surface area is 253 Å². The van der Waals surface area contributed by atoms with Gasteiger partial charge in [0.05, 0.1) is 11.4 Å². The molecular formula is C33H42N6O4. The minimum atomic E-state index is -0.396. The number of aryl methyl sites for hydroxylation is 1. The summed E-state index contributed by atoms with van der Waals surface area (Å²) >= 11 is 0. The number of piperazine rings is 1. The van der Waals surface area contributed by atoms with Gasteiger partial charge >= 0.3 is 0 Å². The molecule has 2 aliphatic rings.